The van der Waals surface area contributed by atoms with Crippen LogP contribution in [-0.4, -0.2) is 17.6 Å². The number of carbonyl (C=O) groups is 1. The van der Waals surface area contributed by atoms with Crippen molar-refractivity contribution in [1.29, 1.82) is 0 Å². The molecule has 0 aliphatic carbocycles. The van der Waals surface area contributed by atoms with Gasteiger partial charge in [-0.1, -0.05) is 18.2 Å². The molecular formula is C22H22N2O3. The Balaban J connectivity index is 1.85. The van der Waals surface area contributed by atoms with E-state index in [4.69, 9.17) is 4.74 Å². The number of aryl methyl sites for hydroxylation is 2. The summed E-state index contributed by atoms with van der Waals surface area (Å²) in [6.45, 7) is 4.29. The Morgan fingerprint density at radius 3 is 2.48 bits per heavy atom. The van der Waals surface area contributed by atoms with Crippen LogP contribution in [0.25, 0.3) is 0 Å². The minimum absolute atomic E-state index is 0.111. The number of methoxy groups -OCH3 is 1. The first-order valence-electron chi connectivity index (χ1n) is 8.68. The van der Waals surface area contributed by atoms with Crippen molar-refractivity contribution in [2.24, 2.45) is 0 Å². The van der Waals surface area contributed by atoms with Gasteiger partial charge in [0.25, 0.3) is 11.5 Å². The summed E-state index contributed by atoms with van der Waals surface area (Å²) in [5.41, 5.74) is 3.48. The van der Waals surface area contributed by atoms with E-state index in [2.05, 4.69) is 5.32 Å². The van der Waals surface area contributed by atoms with Gasteiger partial charge in [-0.3, -0.25) is 9.59 Å². The van der Waals surface area contributed by atoms with Gasteiger partial charge in [0.1, 0.15) is 11.3 Å². The SMILES string of the molecule is COc1cccc(Cn2cccc(C(=O)Nc3cc(C)cc(C)c3)c2=O)c1. The van der Waals surface area contributed by atoms with E-state index >= 15 is 0 Å². The van der Waals surface area contributed by atoms with Crippen LogP contribution in [0.15, 0.2) is 65.6 Å². The number of nitrogens with one attached hydrogen (secondary N) is 1. The Hall–Kier alpha value is -3.34. The summed E-state index contributed by atoms with van der Waals surface area (Å²) in [6.07, 6.45) is 1.68. The lowest BCUT2D eigenvalue weighted by Gasteiger charge is -2.10. The van der Waals surface area contributed by atoms with Gasteiger partial charge in [-0.25, -0.2) is 0 Å². The predicted octanol–water partition coefficient (Wildman–Crippen LogP) is 3.77. The maximum Gasteiger partial charge on any atom is 0.263 e. The van der Waals surface area contributed by atoms with Crippen LogP contribution in [0.1, 0.15) is 27.0 Å². The van der Waals surface area contributed by atoms with Crippen molar-refractivity contribution in [3.63, 3.8) is 0 Å². The molecule has 0 radical (unpaired) electrons. The number of hydrogen-bond donors (Lipinski definition) is 1. The fourth-order valence-electron chi connectivity index (χ4n) is 3.05. The third-order valence-electron chi connectivity index (χ3n) is 4.23. The second-order valence-electron chi connectivity index (χ2n) is 6.54. The first-order valence-corrected chi connectivity index (χ1v) is 8.68. The summed E-state index contributed by atoms with van der Waals surface area (Å²) in [4.78, 5) is 25.4. The Morgan fingerprint density at radius 1 is 1.04 bits per heavy atom. The molecule has 2 aromatic carbocycles. The van der Waals surface area contributed by atoms with E-state index in [1.165, 1.54) is 4.57 Å². The molecule has 1 amide bonds. The van der Waals surface area contributed by atoms with Crippen LogP contribution in [0, 0.1) is 13.8 Å². The van der Waals surface area contributed by atoms with E-state index in [0.29, 0.717) is 12.2 Å². The number of ether oxygens (including phenoxy) is 1. The van der Waals surface area contributed by atoms with Crippen LogP contribution in [-0.2, 0) is 6.54 Å². The Morgan fingerprint density at radius 2 is 1.78 bits per heavy atom. The van der Waals surface area contributed by atoms with Crippen LogP contribution in [0.5, 0.6) is 5.75 Å². The van der Waals surface area contributed by atoms with Crippen molar-refractivity contribution in [2.75, 3.05) is 12.4 Å². The summed E-state index contributed by atoms with van der Waals surface area (Å²) in [5.74, 6) is 0.314. The molecule has 5 heteroatoms. The fourth-order valence-corrected chi connectivity index (χ4v) is 3.05. The fraction of sp³-hybridized carbons (Fsp3) is 0.182. The number of nitrogens with zero attached hydrogens (tertiary/aromatic N) is 1. The van der Waals surface area contributed by atoms with Gasteiger partial charge in [0, 0.05) is 11.9 Å². The van der Waals surface area contributed by atoms with Crippen LogP contribution >= 0.6 is 0 Å². The van der Waals surface area contributed by atoms with Gasteiger partial charge < -0.3 is 14.6 Å². The highest BCUT2D eigenvalue weighted by atomic mass is 16.5. The second-order valence-corrected chi connectivity index (χ2v) is 6.54. The van der Waals surface area contributed by atoms with Gasteiger partial charge in [-0.15, -0.1) is 0 Å². The van der Waals surface area contributed by atoms with E-state index < -0.39 is 5.91 Å². The van der Waals surface area contributed by atoms with E-state index in [9.17, 15) is 9.59 Å². The van der Waals surface area contributed by atoms with Crippen LogP contribution in [0.3, 0.4) is 0 Å². The van der Waals surface area contributed by atoms with E-state index in [-0.39, 0.29) is 11.1 Å². The molecule has 3 aromatic rings. The van der Waals surface area contributed by atoms with E-state index in [1.807, 2.05) is 56.3 Å². The molecule has 5 nitrogen and oxygen atoms in total. The van der Waals surface area contributed by atoms with Gasteiger partial charge in [0.2, 0.25) is 0 Å². The molecular weight excluding hydrogens is 340 g/mol. The maximum atomic E-state index is 12.8. The molecule has 0 aliphatic rings. The summed E-state index contributed by atoms with van der Waals surface area (Å²) in [6, 6.07) is 16.5. The Kier molecular flexibility index (Phi) is 5.41. The van der Waals surface area contributed by atoms with Crippen molar-refractivity contribution in [2.45, 2.75) is 20.4 Å². The molecule has 0 fully saturated rings. The molecule has 0 unspecified atom stereocenters. The van der Waals surface area contributed by atoms with E-state index in [0.717, 1.165) is 22.4 Å². The maximum absolute atomic E-state index is 12.8. The molecule has 1 heterocycles. The largest absolute Gasteiger partial charge is 0.497 e. The third kappa shape index (κ3) is 4.44. The normalized spacial score (nSPS) is 10.5. The zero-order chi connectivity index (χ0) is 19.4. The number of pyridine rings is 1. The van der Waals surface area contributed by atoms with E-state index in [1.54, 1.807) is 25.4 Å². The average molecular weight is 362 g/mol. The first kappa shape index (κ1) is 18.5. The Bertz CT molecular complexity index is 1020. The quantitative estimate of drug-likeness (QED) is 0.751. The van der Waals surface area contributed by atoms with Crippen molar-refractivity contribution >= 4 is 11.6 Å². The molecule has 0 aliphatic heterocycles. The van der Waals surface area contributed by atoms with Crippen LogP contribution in [0.4, 0.5) is 5.69 Å². The minimum Gasteiger partial charge on any atom is -0.497 e. The highest BCUT2D eigenvalue weighted by Gasteiger charge is 2.13. The predicted molar refractivity (Wildman–Crippen MR) is 107 cm³/mol. The van der Waals surface area contributed by atoms with Crippen LogP contribution < -0.4 is 15.6 Å². The minimum atomic E-state index is -0.412. The van der Waals surface area contributed by atoms with Gasteiger partial charge in [0.15, 0.2) is 0 Å². The zero-order valence-electron chi connectivity index (χ0n) is 15.7. The summed E-state index contributed by atoms with van der Waals surface area (Å²) in [5, 5.41) is 2.82. The average Bonchev–Trinajstić information content (AvgIpc) is 2.62. The number of anilines is 1. The second kappa shape index (κ2) is 7.91. The number of benzene rings is 2. The molecule has 27 heavy (non-hydrogen) atoms. The van der Waals surface area contributed by atoms with Gasteiger partial charge in [-0.05, 0) is 66.9 Å². The lowest BCUT2D eigenvalue weighted by Crippen LogP contribution is -2.29. The molecule has 138 valence electrons. The molecule has 0 saturated carbocycles. The smallest absolute Gasteiger partial charge is 0.263 e. The molecule has 0 saturated heterocycles. The summed E-state index contributed by atoms with van der Waals surface area (Å²) in [7, 11) is 1.60. The highest BCUT2D eigenvalue weighted by Crippen LogP contribution is 2.15. The standard InChI is InChI=1S/C22H22N2O3/c1-15-10-16(2)12-18(11-15)23-21(25)20-8-5-9-24(22(20)26)14-17-6-4-7-19(13-17)27-3/h4-13H,14H2,1-3H3,(H,23,25). The molecule has 1 N–H and O–H groups in total. The lowest BCUT2D eigenvalue weighted by atomic mass is 10.1. The third-order valence-corrected chi connectivity index (χ3v) is 4.23. The van der Waals surface area contributed by atoms with Crippen molar-refractivity contribution in [3.05, 3.63) is 93.4 Å². The van der Waals surface area contributed by atoms with Gasteiger partial charge in [0.05, 0.1) is 13.7 Å². The Labute approximate surface area is 158 Å². The van der Waals surface area contributed by atoms with Gasteiger partial charge >= 0.3 is 0 Å². The topological polar surface area (TPSA) is 60.3 Å². The summed E-state index contributed by atoms with van der Waals surface area (Å²) >= 11 is 0. The van der Waals surface area contributed by atoms with Crippen molar-refractivity contribution in [1.82, 2.24) is 4.57 Å². The summed E-state index contributed by atoms with van der Waals surface area (Å²) < 4.78 is 6.74. The van der Waals surface area contributed by atoms with Crippen molar-refractivity contribution < 1.29 is 9.53 Å². The monoisotopic (exact) mass is 362 g/mol. The zero-order valence-corrected chi connectivity index (χ0v) is 15.7. The molecule has 0 spiro atoms. The van der Waals surface area contributed by atoms with Crippen LogP contribution in [0.2, 0.25) is 0 Å². The molecule has 3 rings (SSSR count). The number of rotatable bonds is 5. The first-order chi connectivity index (χ1) is 13.0. The van der Waals surface area contributed by atoms with Gasteiger partial charge in [-0.2, -0.15) is 0 Å². The highest BCUT2D eigenvalue weighted by molar-refractivity contribution is 6.04. The number of amides is 1. The molecule has 1 aromatic heterocycles. The lowest BCUT2D eigenvalue weighted by molar-refractivity contribution is 0.102. The number of carbonyl (C=O) groups excluding carboxylic acids is 1. The molecule has 0 bridgehead atoms. The number of aromatic nitrogens is 1. The molecule has 0 atom stereocenters. The number of hydrogen-bond acceptors (Lipinski definition) is 3. The van der Waals surface area contributed by atoms with Crippen molar-refractivity contribution in [3.8, 4) is 5.75 Å².